The van der Waals surface area contributed by atoms with E-state index in [9.17, 15) is 13.2 Å². The van der Waals surface area contributed by atoms with E-state index >= 15 is 0 Å². The molecule has 0 aliphatic rings. The van der Waals surface area contributed by atoms with Gasteiger partial charge in [-0.1, -0.05) is 34.4 Å². The molecule has 4 rings (SSSR count). The number of benzene rings is 3. The molecule has 0 bridgehead atoms. The van der Waals surface area contributed by atoms with Gasteiger partial charge in [-0.25, -0.2) is 8.42 Å². The maximum atomic E-state index is 12.5. The van der Waals surface area contributed by atoms with Gasteiger partial charge >= 0.3 is 6.01 Å². The molecule has 0 aliphatic carbocycles. The highest BCUT2D eigenvalue weighted by Gasteiger charge is 2.16. The fraction of sp³-hybridized carbons (Fsp3) is 0.0870. The van der Waals surface area contributed by atoms with Gasteiger partial charge in [0.2, 0.25) is 5.89 Å². The van der Waals surface area contributed by atoms with Crippen LogP contribution >= 0.6 is 11.6 Å². The molecule has 0 unspecified atom stereocenters. The Kier molecular flexibility index (Phi) is 6.17. The highest BCUT2D eigenvalue weighted by molar-refractivity contribution is 7.92. The van der Waals surface area contributed by atoms with Crippen LogP contribution in [0.15, 0.2) is 76.0 Å². The molecule has 0 saturated heterocycles. The average molecular weight is 483 g/mol. The Morgan fingerprint density at radius 2 is 1.64 bits per heavy atom. The first-order valence-electron chi connectivity index (χ1n) is 9.82. The highest BCUT2D eigenvalue weighted by Crippen LogP contribution is 2.25. The van der Waals surface area contributed by atoms with E-state index in [1.165, 1.54) is 48.5 Å². The largest absolute Gasteiger partial charge is 0.403 e. The monoisotopic (exact) mass is 482 g/mol. The molecule has 0 atom stereocenters. The number of aryl methyl sites for hydroxylation is 2. The lowest BCUT2D eigenvalue weighted by molar-refractivity contribution is 0.102. The lowest BCUT2D eigenvalue weighted by Gasteiger charge is -2.09. The zero-order chi connectivity index (χ0) is 23.6. The predicted octanol–water partition coefficient (Wildman–Crippen LogP) is 5.06. The molecule has 4 aromatic rings. The van der Waals surface area contributed by atoms with E-state index in [-0.39, 0.29) is 16.5 Å². The lowest BCUT2D eigenvalue weighted by Crippen LogP contribution is -2.14. The molecule has 1 amide bonds. The molecule has 0 fully saturated rings. The third-order valence-electron chi connectivity index (χ3n) is 4.78. The van der Waals surface area contributed by atoms with Crippen LogP contribution in [0.3, 0.4) is 0 Å². The number of halogens is 1. The Labute approximate surface area is 195 Å². The molecule has 168 valence electrons. The second kappa shape index (κ2) is 9.05. The minimum atomic E-state index is -3.78. The normalized spacial score (nSPS) is 11.2. The number of rotatable bonds is 6. The molecule has 0 spiro atoms. The molecule has 8 nitrogen and oxygen atoms in total. The minimum Gasteiger partial charge on any atom is -0.403 e. The molecule has 1 heterocycles. The van der Waals surface area contributed by atoms with E-state index in [1.807, 2.05) is 32.0 Å². The van der Waals surface area contributed by atoms with Crippen LogP contribution < -0.4 is 10.0 Å². The van der Waals surface area contributed by atoms with Crippen LogP contribution in [-0.2, 0) is 10.0 Å². The van der Waals surface area contributed by atoms with Gasteiger partial charge in [0.25, 0.3) is 15.9 Å². The Morgan fingerprint density at radius 3 is 2.30 bits per heavy atom. The van der Waals surface area contributed by atoms with Crippen molar-refractivity contribution in [2.75, 3.05) is 10.0 Å². The predicted molar refractivity (Wildman–Crippen MR) is 126 cm³/mol. The summed E-state index contributed by atoms with van der Waals surface area (Å²) in [6.45, 7) is 3.93. The number of aromatic nitrogens is 2. The zero-order valence-corrected chi connectivity index (χ0v) is 19.2. The summed E-state index contributed by atoms with van der Waals surface area (Å²) in [5.74, 6) is -0.173. The third kappa shape index (κ3) is 5.21. The summed E-state index contributed by atoms with van der Waals surface area (Å²) in [7, 11) is -3.78. The van der Waals surface area contributed by atoms with E-state index in [1.54, 1.807) is 0 Å². The smallest absolute Gasteiger partial charge is 0.322 e. The van der Waals surface area contributed by atoms with Crippen molar-refractivity contribution in [3.63, 3.8) is 0 Å². The summed E-state index contributed by atoms with van der Waals surface area (Å²) in [5, 5.41) is 10.9. The Hall–Kier alpha value is -3.69. The van der Waals surface area contributed by atoms with Gasteiger partial charge in [-0.3, -0.25) is 14.8 Å². The van der Waals surface area contributed by atoms with Crippen LogP contribution in [0.4, 0.5) is 11.7 Å². The number of hydrogen-bond acceptors (Lipinski definition) is 6. The van der Waals surface area contributed by atoms with E-state index in [0.29, 0.717) is 16.6 Å². The summed E-state index contributed by atoms with van der Waals surface area (Å²) in [6, 6.07) is 17.5. The van der Waals surface area contributed by atoms with E-state index in [2.05, 4.69) is 20.2 Å². The van der Waals surface area contributed by atoms with Crippen LogP contribution in [0.2, 0.25) is 5.02 Å². The van der Waals surface area contributed by atoms with Crippen molar-refractivity contribution >= 4 is 39.2 Å². The standard InChI is InChI=1S/C23H19ClN4O4S/c1-14-3-12-20(15(2)13-14)22-26-27-23(32-22)25-21(29)16-4-8-18(9-5-16)28-33(30,31)19-10-6-17(24)7-11-19/h3-13,28H,1-2H3,(H,25,27,29). The fourth-order valence-corrected chi connectivity index (χ4v) is 4.31. The quantitative estimate of drug-likeness (QED) is 0.397. The van der Waals surface area contributed by atoms with Gasteiger partial charge in [0.1, 0.15) is 0 Å². The number of hydrogen-bond donors (Lipinski definition) is 2. The summed E-state index contributed by atoms with van der Waals surface area (Å²) < 4.78 is 33.0. The lowest BCUT2D eigenvalue weighted by atomic mass is 10.1. The first-order valence-corrected chi connectivity index (χ1v) is 11.7. The molecule has 3 aromatic carbocycles. The second-order valence-corrected chi connectivity index (χ2v) is 9.44. The number of carbonyl (C=O) groups is 1. The van der Waals surface area contributed by atoms with Gasteiger partial charge in [-0.2, -0.15) is 0 Å². The van der Waals surface area contributed by atoms with Gasteiger partial charge in [0.05, 0.1) is 4.90 Å². The zero-order valence-electron chi connectivity index (χ0n) is 17.7. The third-order valence-corrected chi connectivity index (χ3v) is 6.43. The van der Waals surface area contributed by atoms with Crippen LogP contribution in [0.5, 0.6) is 0 Å². The van der Waals surface area contributed by atoms with Gasteiger partial charge in [0.15, 0.2) is 0 Å². The maximum Gasteiger partial charge on any atom is 0.322 e. The number of amides is 1. The Balaban J connectivity index is 1.44. The van der Waals surface area contributed by atoms with Crippen molar-refractivity contribution in [1.82, 2.24) is 10.2 Å². The molecule has 2 N–H and O–H groups in total. The molecular weight excluding hydrogens is 464 g/mol. The summed E-state index contributed by atoms with van der Waals surface area (Å²) in [6.07, 6.45) is 0. The summed E-state index contributed by atoms with van der Waals surface area (Å²) in [5.41, 5.74) is 3.47. The van der Waals surface area contributed by atoms with Crippen LogP contribution in [0.1, 0.15) is 21.5 Å². The fourth-order valence-electron chi connectivity index (χ4n) is 3.12. The first kappa shape index (κ1) is 22.5. The van der Waals surface area contributed by atoms with Gasteiger partial charge in [0, 0.05) is 21.8 Å². The van der Waals surface area contributed by atoms with Crippen molar-refractivity contribution in [1.29, 1.82) is 0 Å². The van der Waals surface area contributed by atoms with Crippen LogP contribution in [-0.4, -0.2) is 24.5 Å². The molecule has 0 aliphatic heterocycles. The minimum absolute atomic E-state index is 0.0394. The van der Waals surface area contributed by atoms with Crippen molar-refractivity contribution < 1.29 is 17.6 Å². The Bertz CT molecular complexity index is 1420. The number of nitrogens with zero attached hydrogens (tertiary/aromatic N) is 2. The van der Waals surface area contributed by atoms with E-state index < -0.39 is 15.9 Å². The number of anilines is 2. The van der Waals surface area contributed by atoms with E-state index in [4.69, 9.17) is 16.0 Å². The SMILES string of the molecule is Cc1ccc(-c2nnc(NC(=O)c3ccc(NS(=O)(=O)c4ccc(Cl)cc4)cc3)o2)c(C)c1. The molecule has 10 heteroatoms. The molecule has 0 radical (unpaired) electrons. The van der Waals surface area contributed by atoms with Crippen molar-refractivity contribution in [2.45, 2.75) is 18.7 Å². The second-order valence-electron chi connectivity index (χ2n) is 7.32. The van der Waals surface area contributed by atoms with Crippen LogP contribution in [0.25, 0.3) is 11.5 Å². The topological polar surface area (TPSA) is 114 Å². The number of carbonyl (C=O) groups excluding carboxylic acids is 1. The van der Waals surface area contributed by atoms with Crippen LogP contribution in [0, 0.1) is 13.8 Å². The van der Waals surface area contributed by atoms with E-state index in [0.717, 1.165) is 16.7 Å². The summed E-state index contributed by atoms with van der Waals surface area (Å²) in [4.78, 5) is 12.6. The van der Waals surface area contributed by atoms with Gasteiger partial charge < -0.3 is 4.42 Å². The van der Waals surface area contributed by atoms with Crippen molar-refractivity contribution in [3.05, 3.63) is 88.4 Å². The molecule has 1 aromatic heterocycles. The Morgan fingerprint density at radius 1 is 0.939 bits per heavy atom. The number of sulfonamides is 1. The van der Waals surface area contributed by atoms with Gasteiger partial charge in [-0.15, -0.1) is 5.10 Å². The number of nitrogens with one attached hydrogen (secondary N) is 2. The molecule has 33 heavy (non-hydrogen) atoms. The molecule has 0 saturated carbocycles. The highest BCUT2D eigenvalue weighted by atomic mass is 35.5. The average Bonchev–Trinajstić information content (AvgIpc) is 3.22. The summed E-state index contributed by atoms with van der Waals surface area (Å²) >= 11 is 5.80. The van der Waals surface area contributed by atoms with Crippen molar-refractivity contribution in [3.8, 4) is 11.5 Å². The first-order chi connectivity index (χ1) is 15.7. The van der Waals surface area contributed by atoms with Gasteiger partial charge in [-0.05, 0) is 74.0 Å². The van der Waals surface area contributed by atoms with Crippen molar-refractivity contribution in [2.24, 2.45) is 0 Å². The maximum absolute atomic E-state index is 12.5. The molecular formula is C23H19ClN4O4S.